The van der Waals surface area contributed by atoms with E-state index in [1.807, 2.05) is 78.9 Å². The van der Waals surface area contributed by atoms with Gasteiger partial charge in [-0.05, 0) is 28.3 Å². The van der Waals surface area contributed by atoms with Crippen molar-refractivity contribution in [2.45, 2.75) is 19.6 Å². The van der Waals surface area contributed by atoms with Gasteiger partial charge >= 0.3 is 0 Å². The summed E-state index contributed by atoms with van der Waals surface area (Å²) in [4.78, 5) is 17.9. The van der Waals surface area contributed by atoms with Crippen molar-refractivity contribution in [3.63, 3.8) is 0 Å². The highest BCUT2D eigenvalue weighted by molar-refractivity contribution is 5.70. The fourth-order valence-electron chi connectivity index (χ4n) is 4.02. The highest BCUT2D eigenvalue weighted by atomic mass is 16.5. The van der Waals surface area contributed by atoms with Gasteiger partial charge in [0.1, 0.15) is 0 Å². The molecular weight excluding hydrogens is 424 g/mol. The Hall–Kier alpha value is -4.47. The molecule has 0 amide bonds. The van der Waals surface area contributed by atoms with E-state index in [-0.39, 0.29) is 12.2 Å². The molecule has 0 spiro atoms. The van der Waals surface area contributed by atoms with E-state index in [1.54, 1.807) is 12.3 Å². The quantitative estimate of drug-likeness (QED) is 0.387. The standard InChI is InChI=1S/C28H22N4O2/c29-17-23-8-4-5-9-24(23)22-12-10-20(11-13-22)16-25-26(19-34-18-21-6-2-1-3-7-21)31-27-14-15-30-32(27)28(25)33/h1-15,30H,16,18-19H2. The number of aromatic amines is 1. The van der Waals surface area contributed by atoms with Crippen LogP contribution in [0, 0.1) is 11.3 Å². The molecule has 6 nitrogen and oxygen atoms in total. The van der Waals surface area contributed by atoms with E-state index in [9.17, 15) is 10.1 Å². The molecule has 0 bridgehead atoms. The summed E-state index contributed by atoms with van der Waals surface area (Å²) in [5.74, 6) is 0. The van der Waals surface area contributed by atoms with Crippen LogP contribution in [0.2, 0.25) is 0 Å². The van der Waals surface area contributed by atoms with Crippen molar-refractivity contribution in [1.29, 1.82) is 5.26 Å². The minimum atomic E-state index is -0.132. The highest BCUT2D eigenvalue weighted by Gasteiger charge is 2.15. The Balaban J connectivity index is 1.42. The van der Waals surface area contributed by atoms with Gasteiger partial charge in [0.25, 0.3) is 5.56 Å². The van der Waals surface area contributed by atoms with Crippen LogP contribution >= 0.6 is 0 Å². The molecule has 3 aromatic carbocycles. The van der Waals surface area contributed by atoms with Crippen molar-refractivity contribution in [2.24, 2.45) is 0 Å². The van der Waals surface area contributed by atoms with Crippen LogP contribution in [0.15, 0.2) is 95.9 Å². The number of nitrogens with one attached hydrogen (secondary N) is 1. The van der Waals surface area contributed by atoms with Gasteiger partial charge < -0.3 is 4.74 Å². The van der Waals surface area contributed by atoms with Crippen LogP contribution in [0.25, 0.3) is 16.8 Å². The second kappa shape index (κ2) is 9.57. The molecule has 0 fully saturated rings. The first-order chi connectivity index (χ1) is 16.7. The number of hydrogen-bond acceptors (Lipinski definition) is 4. The van der Waals surface area contributed by atoms with E-state index in [0.29, 0.717) is 35.5 Å². The fourth-order valence-corrected chi connectivity index (χ4v) is 4.02. The van der Waals surface area contributed by atoms with Crippen molar-refractivity contribution in [3.8, 4) is 17.2 Å². The lowest BCUT2D eigenvalue weighted by atomic mass is 9.97. The lowest BCUT2D eigenvalue weighted by Gasteiger charge is -2.11. The number of H-pyrrole nitrogens is 1. The molecule has 0 unspecified atom stereocenters. The molecule has 0 atom stereocenters. The molecule has 166 valence electrons. The molecule has 0 saturated heterocycles. The largest absolute Gasteiger partial charge is 0.370 e. The van der Waals surface area contributed by atoms with Crippen LogP contribution in [0.4, 0.5) is 0 Å². The molecule has 0 radical (unpaired) electrons. The number of fused-ring (bicyclic) bond motifs is 1. The van der Waals surface area contributed by atoms with Crippen LogP contribution in [0.3, 0.4) is 0 Å². The first-order valence-corrected chi connectivity index (χ1v) is 11.0. The Morgan fingerprint density at radius 1 is 0.882 bits per heavy atom. The monoisotopic (exact) mass is 446 g/mol. The van der Waals surface area contributed by atoms with E-state index >= 15 is 0 Å². The number of hydrogen-bond donors (Lipinski definition) is 1. The van der Waals surface area contributed by atoms with Crippen LogP contribution in [-0.2, 0) is 24.4 Å². The summed E-state index contributed by atoms with van der Waals surface area (Å²) in [6, 6.07) is 29.4. The Morgan fingerprint density at radius 2 is 1.65 bits per heavy atom. The molecule has 2 heterocycles. The van der Waals surface area contributed by atoms with Gasteiger partial charge in [-0.3, -0.25) is 9.89 Å². The number of benzene rings is 3. The van der Waals surface area contributed by atoms with Gasteiger partial charge in [0.15, 0.2) is 5.65 Å². The van der Waals surface area contributed by atoms with E-state index in [1.165, 1.54) is 4.52 Å². The SMILES string of the molecule is N#Cc1ccccc1-c1ccc(Cc2c(COCc3ccccc3)nc3cc[nH]n3c2=O)cc1. The molecule has 0 aliphatic rings. The second-order valence-electron chi connectivity index (χ2n) is 8.01. The lowest BCUT2D eigenvalue weighted by molar-refractivity contribution is 0.104. The normalized spacial score (nSPS) is 10.9. The number of nitrogens with zero attached hydrogens (tertiary/aromatic N) is 3. The van der Waals surface area contributed by atoms with Crippen LogP contribution in [0.5, 0.6) is 0 Å². The Morgan fingerprint density at radius 3 is 2.44 bits per heavy atom. The van der Waals surface area contributed by atoms with Crippen molar-refractivity contribution in [1.82, 2.24) is 14.6 Å². The zero-order valence-corrected chi connectivity index (χ0v) is 18.4. The molecule has 0 saturated carbocycles. The molecule has 1 N–H and O–H groups in total. The van der Waals surface area contributed by atoms with Gasteiger partial charge in [0, 0.05) is 24.2 Å². The molecule has 34 heavy (non-hydrogen) atoms. The topological polar surface area (TPSA) is 83.2 Å². The Labute approximate surface area is 196 Å². The average Bonchev–Trinajstić information content (AvgIpc) is 3.36. The van der Waals surface area contributed by atoms with Gasteiger partial charge in [-0.2, -0.15) is 5.26 Å². The second-order valence-corrected chi connectivity index (χ2v) is 8.01. The zero-order valence-electron chi connectivity index (χ0n) is 18.4. The van der Waals surface area contributed by atoms with Gasteiger partial charge in [0.2, 0.25) is 0 Å². The maximum Gasteiger partial charge on any atom is 0.276 e. The van der Waals surface area contributed by atoms with Gasteiger partial charge in [-0.25, -0.2) is 9.50 Å². The van der Waals surface area contributed by atoms with Crippen LogP contribution in [0.1, 0.15) is 27.9 Å². The molecule has 2 aromatic heterocycles. The third-order valence-electron chi connectivity index (χ3n) is 5.77. The molecule has 0 aliphatic carbocycles. The smallest absolute Gasteiger partial charge is 0.276 e. The molecule has 6 heteroatoms. The minimum absolute atomic E-state index is 0.132. The van der Waals surface area contributed by atoms with E-state index in [0.717, 1.165) is 22.3 Å². The van der Waals surface area contributed by atoms with Crippen molar-refractivity contribution in [3.05, 3.63) is 129 Å². The maximum absolute atomic E-state index is 13.2. The highest BCUT2D eigenvalue weighted by Crippen LogP contribution is 2.24. The summed E-state index contributed by atoms with van der Waals surface area (Å²) in [6.07, 6.45) is 2.13. The predicted molar refractivity (Wildman–Crippen MR) is 130 cm³/mol. The summed E-state index contributed by atoms with van der Waals surface area (Å²) < 4.78 is 7.37. The van der Waals surface area contributed by atoms with Gasteiger partial charge in [0.05, 0.1) is 30.5 Å². The number of aromatic nitrogens is 3. The molecule has 5 rings (SSSR count). The first-order valence-electron chi connectivity index (χ1n) is 11.0. The van der Waals surface area contributed by atoms with Crippen molar-refractivity contribution < 1.29 is 4.74 Å². The summed E-state index contributed by atoms with van der Waals surface area (Å²) in [5.41, 5.74) is 6.20. The first kappa shape index (κ1) is 21.4. The predicted octanol–water partition coefficient (Wildman–Crippen LogP) is 4.87. The fraction of sp³-hybridized carbons (Fsp3) is 0.107. The Bertz CT molecular complexity index is 1530. The number of rotatable bonds is 7. The summed E-state index contributed by atoms with van der Waals surface area (Å²) in [6.45, 7) is 0.691. The third-order valence-corrected chi connectivity index (χ3v) is 5.77. The van der Waals surface area contributed by atoms with E-state index < -0.39 is 0 Å². The maximum atomic E-state index is 13.2. The van der Waals surface area contributed by atoms with Gasteiger partial charge in [-0.15, -0.1) is 0 Å². The molecule has 5 aromatic rings. The summed E-state index contributed by atoms with van der Waals surface area (Å²) >= 11 is 0. The number of nitriles is 1. The van der Waals surface area contributed by atoms with E-state index in [2.05, 4.69) is 16.2 Å². The summed E-state index contributed by atoms with van der Waals surface area (Å²) in [5, 5.41) is 12.3. The third kappa shape index (κ3) is 4.38. The minimum Gasteiger partial charge on any atom is -0.370 e. The van der Waals surface area contributed by atoms with Crippen LogP contribution in [-0.4, -0.2) is 14.6 Å². The zero-order chi connectivity index (χ0) is 23.3. The van der Waals surface area contributed by atoms with Gasteiger partial charge in [-0.1, -0.05) is 72.8 Å². The van der Waals surface area contributed by atoms with E-state index in [4.69, 9.17) is 4.74 Å². The average molecular weight is 447 g/mol. The Kier molecular flexibility index (Phi) is 6.02. The summed E-state index contributed by atoms with van der Waals surface area (Å²) in [7, 11) is 0. The van der Waals surface area contributed by atoms with Crippen LogP contribution < -0.4 is 5.56 Å². The number of ether oxygens (including phenoxy) is 1. The van der Waals surface area contributed by atoms with Crippen molar-refractivity contribution in [2.75, 3.05) is 0 Å². The molecule has 0 aliphatic heterocycles. The lowest BCUT2D eigenvalue weighted by Crippen LogP contribution is -2.23. The van der Waals surface area contributed by atoms with Crippen molar-refractivity contribution >= 4 is 5.65 Å². The molecular formula is C28H22N4O2.